The van der Waals surface area contributed by atoms with Gasteiger partial charge in [-0.2, -0.15) is 12.6 Å². The smallest absolute Gasteiger partial charge is 0.127 e. The van der Waals surface area contributed by atoms with E-state index in [9.17, 15) is 0 Å². The zero-order chi connectivity index (χ0) is 34.5. The highest BCUT2D eigenvalue weighted by atomic mass is 32.2. The predicted molar refractivity (Wildman–Crippen MR) is 226 cm³/mol. The molecule has 0 fully saturated rings. The molecule has 8 aromatic carbocycles. The Balaban J connectivity index is 0.000000161. The van der Waals surface area contributed by atoms with Gasteiger partial charge in [-0.3, -0.25) is 0 Å². The van der Waals surface area contributed by atoms with Crippen LogP contribution >= 0.6 is 24.4 Å². The number of unbranched alkanes of at least 4 members (excludes halogenated alkanes) is 5. The molecule has 0 heterocycles. The number of hydrogen-bond donors (Lipinski definition) is 1. The summed E-state index contributed by atoms with van der Waals surface area (Å²) in [5.74, 6) is 1.78. The lowest BCUT2D eigenvalue weighted by molar-refractivity contribution is 0.308. The van der Waals surface area contributed by atoms with E-state index in [0.717, 1.165) is 24.5 Å². The molecule has 8 rings (SSSR count). The van der Waals surface area contributed by atoms with Gasteiger partial charge in [0.25, 0.3) is 0 Å². The molecular weight excluding hydrogens is 645 g/mol. The third kappa shape index (κ3) is 6.78. The van der Waals surface area contributed by atoms with E-state index >= 15 is 0 Å². The summed E-state index contributed by atoms with van der Waals surface area (Å²) in [6, 6.07) is 44.2. The first-order valence-electron chi connectivity index (χ1n) is 18.1. The van der Waals surface area contributed by atoms with Gasteiger partial charge in [0.05, 0.1) is 6.61 Å². The van der Waals surface area contributed by atoms with Crippen LogP contribution in [0.15, 0.2) is 126 Å². The molecule has 0 aliphatic rings. The van der Waals surface area contributed by atoms with E-state index in [1.54, 1.807) is 11.8 Å². The van der Waals surface area contributed by atoms with Crippen molar-refractivity contribution in [3.63, 3.8) is 0 Å². The number of benzene rings is 8. The van der Waals surface area contributed by atoms with Crippen LogP contribution in [0, 0.1) is 6.92 Å². The number of thioether (sulfide) groups is 1. The minimum absolute atomic E-state index is 0.771. The van der Waals surface area contributed by atoms with Crippen LogP contribution in [0.25, 0.3) is 64.6 Å². The van der Waals surface area contributed by atoms with Crippen molar-refractivity contribution in [3.05, 3.63) is 132 Å². The second-order valence-corrected chi connectivity index (χ2v) is 14.5. The highest BCUT2D eigenvalue weighted by molar-refractivity contribution is 7.98. The van der Waals surface area contributed by atoms with Crippen LogP contribution in [-0.4, -0.2) is 12.9 Å². The zero-order valence-electron chi connectivity index (χ0n) is 29.5. The number of fused-ring (bicyclic) bond motifs is 10. The minimum atomic E-state index is 0.771. The molecule has 0 saturated heterocycles. The zero-order valence-corrected chi connectivity index (χ0v) is 31.2. The van der Waals surface area contributed by atoms with Gasteiger partial charge in [-0.1, -0.05) is 142 Å². The monoisotopic (exact) mass is 690 g/mol. The van der Waals surface area contributed by atoms with Crippen molar-refractivity contribution in [3.8, 4) is 5.75 Å². The fraction of sp³-hybridized carbons (Fsp3) is 0.234. The summed E-state index contributed by atoms with van der Waals surface area (Å²) in [5, 5.41) is 15.8. The van der Waals surface area contributed by atoms with Gasteiger partial charge in [0, 0.05) is 16.0 Å². The Bertz CT molecular complexity index is 2360. The predicted octanol–water partition coefficient (Wildman–Crippen LogP) is 14.5. The summed E-state index contributed by atoms with van der Waals surface area (Å²) in [6.07, 6.45) is 9.86. The number of aryl methyl sites for hydroxylation is 1. The molecule has 0 atom stereocenters. The lowest BCUT2D eigenvalue weighted by Gasteiger charge is -2.13. The number of hydrogen-bond acceptors (Lipinski definition) is 3. The van der Waals surface area contributed by atoms with Gasteiger partial charge >= 0.3 is 0 Å². The van der Waals surface area contributed by atoms with Gasteiger partial charge in [0.2, 0.25) is 0 Å². The molecule has 0 N–H and O–H groups in total. The summed E-state index contributed by atoms with van der Waals surface area (Å²) in [6.45, 7) is 5.25. The fourth-order valence-corrected chi connectivity index (χ4v) is 8.44. The van der Waals surface area contributed by atoms with Crippen LogP contribution < -0.4 is 4.74 Å². The van der Waals surface area contributed by atoms with Crippen LogP contribution in [0.4, 0.5) is 0 Å². The lowest BCUT2D eigenvalue weighted by Crippen LogP contribution is -1.98. The summed E-state index contributed by atoms with van der Waals surface area (Å²) in [5.41, 5.74) is 2.62. The first-order chi connectivity index (χ1) is 24.6. The molecule has 3 heteroatoms. The molecule has 8 aromatic rings. The van der Waals surface area contributed by atoms with Gasteiger partial charge in [-0.25, -0.2) is 0 Å². The van der Waals surface area contributed by atoms with Crippen LogP contribution in [-0.2, 0) is 5.75 Å². The van der Waals surface area contributed by atoms with Gasteiger partial charge in [-0.15, -0.1) is 11.8 Å². The lowest BCUT2D eigenvalue weighted by atomic mass is 9.95. The van der Waals surface area contributed by atoms with Crippen molar-refractivity contribution < 1.29 is 4.74 Å². The highest BCUT2D eigenvalue weighted by Gasteiger charge is 2.10. The molecule has 0 radical (unpaired) electrons. The molecule has 1 nitrogen and oxygen atoms in total. The molecular formula is C47H46OS2. The Morgan fingerprint density at radius 3 is 1.64 bits per heavy atom. The third-order valence-corrected chi connectivity index (χ3v) is 11.3. The first kappa shape index (κ1) is 34.3. The quantitative estimate of drug-likeness (QED) is 0.0662. The Labute approximate surface area is 306 Å². The SMILES string of the molecule is CCCCCCCCOc1cccc2c1ccc1c3cccc(C)c3ccc21.CSc1cccc2c1ccc1c3cccc(CS)c3ccc21. The minimum Gasteiger partial charge on any atom is -0.493 e. The maximum atomic E-state index is 6.18. The molecule has 50 heavy (non-hydrogen) atoms. The molecule has 0 saturated carbocycles. The van der Waals surface area contributed by atoms with E-state index in [2.05, 4.69) is 154 Å². The summed E-state index contributed by atoms with van der Waals surface area (Å²) >= 11 is 6.27. The normalized spacial score (nSPS) is 11.5. The number of thiol groups is 1. The molecule has 252 valence electrons. The average Bonchev–Trinajstić information content (AvgIpc) is 3.16. The number of ether oxygens (including phenoxy) is 1. The van der Waals surface area contributed by atoms with Gasteiger partial charge < -0.3 is 4.74 Å². The fourth-order valence-electron chi connectivity index (χ4n) is 7.55. The Morgan fingerprint density at radius 1 is 0.480 bits per heavy atom. The molecule has 0 aromatic heterocycles. The van der Waals surface area contributed by atoms with Crippen molar-refractivity contribution in [1.82, 2.24) is 0 Å². The molecule has 0 unspecified atom stereocenters. The van der Waals surface area contributed by atoms with Crippen molar-refractivity contribution in [2.24, 2.45) is 0 Å². The second-order valence-electron chi connectivity index (χ2n) is 13.3. The Morgan fingerprint density at radius 2 is 0.960 bits per heavy atom. The van der Waals surface area contributed by atoms with E-state index in [1.165, 1.54) is 113 Å². The van der Waals surface area contributed by atoms with E-state index in [0.29, 0.717) is 0 Å². The van der Waals surface area contributed by atoms with Gasteiger partial charge in [0.1, 0.15) is 5.75 Å². The van der Waals surface area contributed by atoms with E-state index in [4.69, 9.17) is 4.74 Å². The average molecular weight is 691 g/mol. The van der Waals surface area contributed by atoms with Crippen molar-refractivity contribution in [1.29, 1.82) is 0 Å². The van der Waals surface area contributed by atoms with Gasteiger partial charge in [0.15, 0.2) is 0 Å². The number of rotatable bonds is 10. The first-order valence-corrected chi connectivity index (χ1v) is 20.0. The topological polar surface area (TPSA) is 9.23 Å². The molecule has 0 aliphatic heterocycles. The van der Waals surface area contributed by atoms with E-state index in [-0.39, 0.29) is 0 Å². The highest BCUT2D eigenvalue weighted by Crippen LogP contribution is 2.37. The molecule has 0 bridgehead atoms. The largest absolute Gasteiger partial charge is 0.493 e. The van der Waals surface area contributed by atoms with Crippen molar-refractivity contribution in [2.75, 3.05) is 12.9 Å². The van der Waals surface area contributed by atoms with Crippen molar-refractivity contribution in [2.45, 2.75) is 63.0 Å². The van der Waals surface area contributed by atoms with Crippen LogP contribution in [0.3, 0.4) is 0 Å². The maximum absolute atomic E-state index is 6.18. The van der Waals surface area contributed by atoms with Gasteiger partial charge in [-0.05, 0) is 108 Å². The van der Waals surface area contributed by atoms with Crippen LogP contribution in [0.5, 0.6) is 5.75 Å². The van der Waals surface area contributed by atoms with Crippen LogP contribution in [0.1, 0.15) is 56.6 Å². The molecule has 0 amide bonds. The van der Waals surface area contributed by atoms with E-state index in [1.807, 2.05) is 0 Å². The van der Waals surface area contributed by atoms with Crippen molar-refractivity contribution >= 4 is 89.0 Å². The second kappa shape index (κ2) is 15.8. The van der Waals surface area contributed by atoms with E-state index < -0.39 is 0 Å². The summed E-state index contributed by atoms with van der Waals surface area (Å²) < 4.78 is 6.18. The standard InChI is InChI=1S/C27H30O.C20H16S2/c1-3-4-5-6-7-8-19-28-27-14-10-13-23-25-16-15-21-20(2)11-9-12-22(21)24(25)17-18-26(23)27;1-22-20-7-3-6-16-18-9-8-14-13(12-21)4-2-5-15(14)17(18)10-11-19(16)20/h9-18H,3-8,19H2,1-2H3;2-11,21H,12H2,1H3. The molecule has 0 spiro atoms. The molecule has 0 aliphatic carbocycles. The Hall–Kier alpha value is -4.18. The maximum Gasteiger partial charge on any atom is 0.127 e. The Kier molecular flexibility index (Phi) is 10.8. The summed E-state index contributed by atoms with van der Waals surface area (Å²) in [7, 11) is 0. The third-order valence-electron chi connectivity index (χ3n) is 10.2. The van der Waals surface area contributed by atoms with Crippen LogP contribution in [0.2, 0.25) is 0 Å². The summed E-state index contributed by atoms with van der Waals surface area (Å²) in [4.78, 5) is 1.34.